The fourth-order valence-electron chi connectivity index (χ4n) is 3.09. The number of nitrogens with two attached hydrogens (primary N) is 1. The van der Waals surface area contributed by atoms with E-state index in [1.54, 1.807) is 0 Å². The number of nitrogens with zero attached hydrogens (tertiary/aromatic N) is 1. The highest BCUT2D eigenvalue weighted by atomic mass is 32.1. The molecule has 2 N–H and O–H groups in total. The minimum Gasteiger partial charge on any atom is -0.378 e. The molecule has 0 amide bonds. The summed E-state index contributed by atoms with van der Waals surface area (Å²) in [5, 5.41) is 2.14. The van der Waals surface area contributed by atoms with Gasteiger partial charge in [0.2, 0.25) is 0 Å². The van der Waals surface area contributed by atoms with Gasteiger partial charge in [0.15, 0.2) is 0 Å². The van der Waals surface area contributed by atoms with Crippen LogP contribution in [0.2, 0.25) is 0 Å². The molecule has 4 heteroatoms. The van der Waals surface area contributed by atoms with E-state index in [0.29, 0.717) is 6.10 Å². The average Bonchev–Trinajstić information content (AvgIpc) is 2.89. The van der Waals surface area contributed by atoms with E-state index >= 15 is 0 Å². The Morgan fingerprint density at radius 2 is 2.25 bits per heavy atom. The van der Waals surface area contributed by atoms with Gasteiger partial charge in [0.05, 0.1) is 6.10 Å². The molecule has 0 aliphatic heterocycles. The molecule has 0 bridgehead atoms. The van der Waals surface area contributed by atoms with Gasteiger partial charge in [-0.05, 0) is 38.3 Å². The fourth-order valence-corrected chi connectivity index (χ4v) is 3.79. The minimum atomic E-state index is -0.128. The number of likely N-dealkylation sites (N-methyl/N-ethyl adjacent to an activating group) is 1. The molecule has 0 radical (unpaired) electrons. The molecular weight excluding hydrogens is 268 g/mol. The lowest BCUT2D eigenvalue weighted by Crippen LogP contribution is -2.73. The Morgan fingerprint density at radius 1 is 1.50 bits per heavy atom. The van der Waals surface area contributed by atoms with Crippen LogP contribution in [0.5, 0.6) is 0 Å². The number of ether oxygens (including phenoxy) is 1. The first-order chi connectivity index (χ1) is 9.39. The third-order valence-electron chi connectivity index (χ3n) is 4.88. The van der Waals surface area contributed by atoms with E-state index in [-0.39, 0.29) is 11.0 Å². The molecular formula is C16H28N2OS. The Morgan fingerprint density at radius 3 is 2.80 bits per heavy atom. The van der Waals surface area contributed by atoms with Crippen LogP contribution >= 0.6 is 11.3 Å². The van der Waals surface area contributed by atoms with Crippen molar-refractivity contribution in [2.75, 3.05) is 26.7 Å². The maximum atomic E-state index is 6.63. The Labute approximate surface area is 127 Å². The molecule has 2 unspecified atom stereocenters. The van der Waals surface area contributed by atoms with Gasteiger partial charge in [0.1, 0.15) is 0 Å². The van der Waals surface area contributed by atoms with Gasteiger partial charge < -0.3 is 15.4 Å². The summed E-state index contributed by atoms with van der Waals surface area (Å²) in [4.78, 5) is 3.81. The van der Waals surface area contributed by atoms with Crippen molar-refractivity contribution in [2.45, 2.75) is 45.3 Å². The maximum absolute atomic E-state index is 6.63. The van der Waals surface area contributed by atoms with Crippen LogP contribution in [0.25, 0.3) is 0 Å². The van der Waals surface area contributed by atoms with E-state index in [4.69, 9.17) is 10.5 Å². The van der Waals surface area contributed by atoms with E-state index < -0.39 is 0 Å². The smallest absolute Gasteiger partial charge is 0.0662 e. The molecule has 20 heavy (non-hydrogen) atoms. The predicted molar refractivity (Wildman–Crippen MR) is 86.3 cm³/mol. The van der Waals surface area contributed by atoms with Crippen LogP contribution in [-0.4, -0.2) is 43.3 Å². The van der Waals surface area contributed by atoms with E-state index in [1.165, 1.54) is 4.88 Å². The molecule has 0 spiro atoms. The number of hydrogen-bond donors (Lipinski definition) is 1. The quantitative estimate of drug-likeness (QED) is 0.841. The fraction of sp³-hybridized carbons (Fsp3) is 0.750. The Bertz CT molecular complexity index is 418. The molecule has 3 nitrogen and oxygen atoms in total. The summed E-state index contributed by atoms with van der Waals surface area (Å²) in [7, 11) is 2.17. The van der Waals surface area contributed by atoms with Crippen molar-refractivity contribution in [3.05, 3.63) is 22.4 Å². The molecule has 2 rings (SSSR count). The highest BCUT2D eigenvalue weighted by Gasteiger charge is 2.58. The van der Waals surface area contributed by atoms with Gasteiger partial charge in [-0.25, -0.2) is 0 Å². The summed E-state index contributed by atoms with van der Waals surface area (Å²) in [6.07, 6.45) is 2.39. The molecule has 1 saturated carbocycles. The minimum absolute atomic E-state index is 0.0558. The first-order valence-corrected chi connectivity index (χ1v) is 8.38. The summed E-state index contributed by atoms with van der Waals surface area (Å²) in [5.74, 6) is 0. The highest BCUT2D eigenvalue weighted by molar-refractivity contribution is 7.09. The molecule has 2 atom stereocenters. The molecule has 1 aliphatic rings. The van der Waals surface area contributed by atoms with Crippen molar-refractivity contribution in [3.63, 3.8) is 0 Å². The topological polar surface area (TPSA) is 38.5 Å². The van der Waals surface area contributed by atoms with Gasteiger partial charge in [-0.2, -0.15) is 0 Å². The molecule has 1 aromatic rings. The van der Waals surface area contributed by atoms with E-state index in [0.717, 1.165) is 32.5 Å². The van der Waals surface area contributed by atoms with Crippen molar-refractivity contribution < 1.29 is 4.74 Å². The van der Waals surface area contributed by atoms with Crippen molar-refractivity contribution in [1.29, 1.82) is 0 Å². The average molecular weight is 296 g/mol. The van der Waals surface area contributed by atoms with Crippen molar-refractivity contribution in [2.24, 2.45) is 11.1 Å². The van der Waals surface area contributed by atoms with Gasteiger partial charge in [0.25, 0.3) is 0 Å². The second-order valence-electron chi connectivity index (χ2n) is 6.59. The first-order valence-electron chi connectivity index (χ1n) is 7.50. The van der Waals surface area contributed by atoms with Gasteiger partial charge in [-0.3, -0.25) is 0 Å². The van der Waals surface area contributed by atoms with Crippen LogP contribution in [0, 0.1) is 5.41 Å². The van der Waals surface area contributed by atoms with Crippen LogP contribution in [0.4, 0.5) is 0 Å². The summed E-state index contributed by atoms with van der Waals surface area (Å²) >= 11 is 1.83. The molecule has 1 aliphatic carbocycles. The lowest BCUT2D eigenvalue weighted by atomic mass is 9.54. The number of thiophene rings is 1. The summed E-state index contributed by atoms with van der Waals surface area (Å²) in [6, 6.07) is 4.32. The largest absolute Gasteiger partial charge is 0.378 e. The van der Waals surface area contributed by atoms with Gasteiger partial charge in [-0.15, -0.1) is 11.3 Å². The number of rotatable bonds is 7. The van der Waals surface area contributed by atoms with Crippen LogP contribution < -0.4 is 5.73 Å². The molecule has 0 saturated heterocycles. The highest BCUT2D eigenvalue weighted by Crippen LogP contribution is 2.49. The molecule has 114 valence electrons. The second-order valence-corrected chi connectivity index (χ2v) is 7.63. The Kier molecular flexibility index (Phi) is 4.90. The second kappa shape index (κ2) is 6.14. The normalized spacial score (nSPS) is 28.6. The van der Waals surface area contributed by atoms with Crippen LogP contribution in [0.3, 0.4) is 0 Å². The molecule has 1 heterocycles. The lowest BCUT2D eigenvalue weighted by Gasteiger charge is -2.60. The van der Waals surface area contributed by atoms with Crippen molar-refractivity contribution >= 4 is 11.3 Å². The van der Waals surface area contributed by atoms with E-state index in [9.17, 15) is 0 Å². The molecule has 1 fully saturated rings. The van der Waals surface area contributed by atoms with Crippen molar-refractivity contribution in [1.82, 2.24) is 4.90 Å². The van der Waals surface area contributed by atoms with Crippen LogP contribution in [0.1, 0.15) is 32.1 Å². The van der Waals surface area contributed by atoms with E-state index in [2.05, 4.69) is 50.2 Å². The zero-order valence-electron chi connectivity index (χ0n) is 13.2. The maximum Gasteiger partial charge on any atom is 0.0662 e. The lowest BCUT2D eigenvalue weighted by molar-refractivity contribution is -0.155. The first kappa shape index (κ1) is 16.0. The van der Waals surface area contributed by atoms with Gasteiger partial charge in [0, 0.05) is 35.5 Å². The Balaban J connectivity index is 1.83. The zero-order valence-corrected chi connectivity index (χ0v) is 14.0. The Hall–Kier alpha value is -0.420. The standard InChI is InChI=1S/C16H28N2OS/c1-5-19-14-11-16(17,15(14,2)3)12-18(4)9-8-13-7-6-10-20-13/h6-7,10,14H,5,8-9,11-12,17H2,1-4H3. The number of hydrogen-bond acceptors (Lipinski definition) is 4. The monoisotopic (exact) mass is 296 g/mol. The predicted octanol–water partition coefficient (Wildman–Crippen LogP) is 2.75. The summed E-state index contributed by atoms with van der Waals surface area (Å²) in [5.41, 5.74) is 6.56. The third kappa shape index (κ3) is 3.08. The van der Waals surface area contributed by atoms with Gasteiger partial charge in [-0.1, -0.05) is 19.9 Å². The third-order valence-corrected chi connectivity index (χ3v) is 5.81. The van der Waals surface area contributed by atoms with Crippen LogP contribution in [0.15, 0.2) is 17.5 Å². The molecule has 1 aromatic heterocycles. The summed E-state index contributed by atoms with van der Waals surface area (Å²) in [6.45, 7) is 9.32. The van der Waals surface area contributed by atoms with Crippen LogP contribution in [-0.2, 0) is 11.2 Å². The SMILES string of the molecule is CCOC1CC(N)(CN(C)CCc2cccs2)C1(C)C. The molecule has 0 aromatic carbocycles. The van der Waals surface area contributed by atoms with E-state index in [1.807, 2.05) is 11.3 Å². The van der Waals surface area contributed by atoms with Crippen molar-refractivity contribution in [3.8, 4) is 0 Å². The summed E-state index contributed by atoms with van der Waals surface area (Å²) < 4.78 is 5.79. The van der Waals surface area contributed by atoms with Gasteiger partial charge >= 0.3 is 0 Å². The zero-order chi connectivity index (χ0) is 14.8.